The van der Waals surface area contributed by atoms with E-state index in [1.54, 1.807) is 11.9 Å². The van der Waals surface area contributed by atoms with Crippen molar-refractivity contribution in [1.82, 2.24) is 25.2 Å². The number of rotatable bonds is 14. The minimum Gasteiger partial charge on any atom is -0.363 e. The SMILES string of the molecule is C1CC1.CC.CC.CC.CC(C)CC(NC(=O)C1CCCN1C(=O)C(NC(=O)NC(CN(C)Sc1ccccc1)C(C)C)C(C)(C)C)C(=O)C(N)=O. The summed E-state index contributed by atoms with van der Waals surface area (Å²) in [7, 11) is 1.97. The number of Topliss-reactive ketones (excluding diaryl/α,β-unsaturated/α-hetero) is 1. The van der Waals surface area contributed by atoms with Gasteiger partial charge >= 0.3 is 6.03 Å². The molecule has 4 unspecified atom stereocenters. The molecule has 2 aliphatic rings. The van der Waals surface area contributed by atoms with Gasteiger partial charge in [-0.15, -0.1) is 0 Å². The molecule has 1 aromatic rings. The highest BCUT2D eigenvalue weighted by Crippen LogP contribution is 2.27. The van der Waals surface area contributed by atoms with Crippen molar-refractivity contribution in [2.24, 2.45) is 23.0 Å². The van der Waals surface area contributed by atoms with Crippen LogP contribution in [0.15, 0.2) is 35.2 Å². The van der Waals surface area contributed by atoms with Gasteiger partial charge in [0.1, 0.15) is 12.1 Å². The second kappa shape index (κ2) is 27.5. The van der Waals surface area contributed by atoms with Crippen LogP contribution in [0.1, 0.15) is 129 Å². The minimum absolute atomic E-state index is 0.0225. The molecule has 52 heavy (non-hydrogen) atoms. The fraction of sp³-hybridized carbons (Fsp3) is 0.725. The van der Waals surface area contributed by atoms with Gasteiger partial charge in [0.15, 0.2) is 0 Å². The number of likely N-dealkylation sites (tertiary alicyclic amines) is 1. The summed E-state index contributed by atoms with van der Waals surface area (Å²) in [5.41, 5.74) is 4.55. The van der Waals surface area contributed by atoms with Gasteiger partial charge in [-0.1, -0.05) is 127 Å². The van der Waals surface area contributed by atoms with E-state index in [-0.39, 0.29) is 30.2 Å². The summed E-state index contributed by atoms with van der Waals surface area (Å²) in [6, 6.07) is 6.51. The van der Waals surface area contributed by atoms with Crippen molar-refractivity contribution in [1.29, 1.82) is 0 Å². The second-order valence-corrected chi connectivity index (χ2v) is 15.4. The van der Waals surface area contributed by atoms with E-state index in [0.717, 1.165) is 4.90 Å². The third-order valence-electron chi connectivity index (χ3n) is 7.74. The van der Waals surface area contributed by atoms with Crippen LogP contribution in [0.3, 0.4) is 0 Å². The summed E-state index contributed by atoms with van der Waals surface area (Å²) >= 11 is 1.59. The van der Waals surface area contributed by atoms with E-state index in [1.807, 2.05) is 127 Å². The fourth-order valence-electron chi connectivity index (χ4n) is 5.00. The molecule has 1 aliphatic carbocycles. The van der Waals surface area contributed by atoms with Gasteiger partial charge in [-0.3, -0.25) is 19.2 Å². The van der Waals surface area contributed by atoms with Crippen molar-refractivity contribution in [3.8, 4) is 0 Å². The molecule has 1 saturated heterocycles. The molecule has 300 valence electrons. The molecule has 1 saturated carbocycles. The van der Waals surface area contributed by atoms with Crippen LogP contribution in [-0.4, -0.2) is 83.0 Å². The highest BCUT2D eigenvalue weighted by Gasteiger charge is 2.43. The van der Waals surface area contributed by atoms with Crippen LogP contribution in [0.5, 0.6) is 0 Å². The molecule has 11 nitrogen and oxygen atoms in total. The molecule has 5 amide bonds. The summed E-state index contributed by atoms with van der Waals surface area (Å²) < 4.78 is 2.07. The maximum Gasteiger partial charge on any atom is 0.315 e. The van der Waals surface area contributed by atoms with Crippen LogP contribution < -0.4 is 21.7 Å². The fourth-order valence-corrected chi connectivity index (χ4v) is 5.87. The van der Waals surface area contributed by atoms with E-state index in [9.17, 15) is 24.0 Å². The first kappa shape index (κ1) is 51.0. The Morgan fingerprint density at radius 2 is 1.40 bits per heavy atom. The van der Waals surface area contributed by atoms with Crippen molar-refractivity contribution in [2.45, 2.75) is 158 Å². The number of carbonyl (C=O) groups is 5. The van der Waals surface area contributed by atoms with Gasteiger partial charge in [-0.2, -0.15) is 0 Å². The van der Waals surface area contributed by atoms with Crippen LogP contribution in [0.2, 0.25) is 0 Å². The van der Waals surface area contributed by atoms with E-state index in [4.69, 9.17) is 5.73 Å². The van der Waals surface area contributed by atoms with Gasteiger partial charge in [-0.25, -0.2) is 9.10 Å². The van der Waals surface area contributed by atoms with E-state index in [2.05, 4.69) is 20.3 Å². The van der Waals surface area contributed by atoms with Gasteiger partial charge < -0.3 is 26.6 Å². The smallest absolute Gasteiger partial charge is 0.315 e. The number of ketones is 1. The van der Waals surface area contributed by atoms with Crippen molar-refractivity contribution < 1.29 is 24.0 Å². The topological polar surface area (TPSA) is 154 Å². The molecular weight excluding hydrogens is 677 g/mol. The molecule has 0 spiro atoms. The van der Waals surface area contributed by atoms with Crippen molar-refractivity contribution in [2.75, 3.05) is 20.1 Å². The number of nitrogens with zero attached hydrogens (tertiary/aromatic N) is 2. The lowest BCUT2D eigenvalue weighted by atomic mass is 9.85. The van der Waals surface area contributed by atoms with E-state index >= 15 is 0 Å². The summed E-state index contributed by atoms with van der Waals surface area (Å²) in [5.74, 6) is -2.72. The number of carbonyl (C=O) groups excluding carboxylic acids is 5. The van der Waals surface area contributed by atoms with Crippen LogP contribution in [0.4, 0.5) is 4.79 Å². The quantitative estimate of drug-likeness (QED) is 0.116. The molecule has 2 fully saturated rings. The monoisotopic (exact) mass is 751 g/mol. The molecular formula is C40H74N6O5S. The molecule has 0 radical (unpaired) electrons. The Morgan fingerprint density at radius 3 is 1.85 bits per heavy atom. The van der Waals surface area contributed by atoms with Crippen molar-refractivity contribution in [3.05, 3.63) is 30.3 Å². The van der Waals surface area contributed by atoms with Crippen LogP contribution in [0.25, 0.3) is 0 Å². The largest absolute Gasteiger partial charge is 0.363 e. The molecule has 1 aliphatic heterocycles. The standard InChI is InChI=1S/C31H50N6O5S.C3H6.3C2H6/c1-19(2)17-22(25(38)27(32)39)33-28(40)24-15-12-16-37(24)29(41)26(31(5,6)7)35-30(42)34-23(20(3)4)18-36(8)43-21-13-10-9-11-14-21;1-2-3-1;3*1-2/h9-11,13-14,19-20,22-24,26H,12,15-18H2,1-8H3,(H2,32,39)(H,33,40)(H2,34,35,42);1-3H2;3*1-2H3. The number of urea groups is 1. The van der Waals surface area contributed by atoms with Crippen molar-refractivity contribution in [3.63, 3.8) is 0 Å². The highest BCUT2D eigenvalue weighted by atomic mass is 32.2. The number of likely N-dealkylation sites (N-methyl/N-ethyl adjacent to an activating group) is 1. The predicted molar refractivity (Wildman–Crippen MR) is 217 cm³/mol. The van der Waals surface area contributed by atoms with Gasteiger partial charge in [-0.05, 0) is 67.6 Å². The van der Waals surface area contributed by atoms with Gasteiger partial charge in [0.2, 0.25) is 17.6 Å². The molecule has 3 rings (SSSR count). The predicted octanol–water partition coefficient (Wildman–Crippen LogP) is 7.19. The zero-order valence-corrected chi connectivity index (χ0v) is 35.7. The first-order valence-corrected chi connectivity index (χ1v) is 20.2. The lowest BCUT2D eigenvalue weighted by Gasteiger charge is -2.36. The zero-order chi connectivity index (χ0) is 40.6. The lowest BCUT2D eigenvalue weighted by molar-refractivity contribution is -0.143. The van der Waals surface area contributed by atoms with Crippen LogP contribution >= 0.6 is 11.9 Å². The number of hydrogen-bond donors (Lipinski definition) is 4. The molecule has 1 heterocycles. The van der Waals surface area contributed by atoms with Gasteiger partial charge in [0.25, 0.3) is 5.91 Å². The second-order valence-electron chi connectivity index (χ2n) is 14.2. The third-order valence-corrected chi connectivity index (χ3v) is 8.69. The number of amides is 5. The molecule has 1 aromatic carbocycles. The molecule has 4 atom stereocenters. The number of hydrogen-bond acceptors (Lipinski definition) is 7. The molecule has 0 aromatic heterocycles. The Kier molecular flexibility index (Phi) is 26.9. The molecule has 12 heteroatoms. The maximum absolute atomic E-state index is 13.9. The van der Waals surface area contributed by atoms with E-state index in [0.29, 0.717) is 25.9 Å². The van der Waals surface area contributed by atoms with Gasteiger partial charge in [0, 0.05) is 24.0 Å². The van der Waals surface area contributed by atoms with Crippen LogP contribution in [-0.2, 0) is 19.2 Å². The Hall–Kier alpha value is -3.12. The molecule has 5 N–H and O–H groups in total. The minimum atomic E-state index is -1.11. The van der Waals surface area contributed by atoms with E-state index in [1.165, 1.54) is 24.2 Å². The zero-order valence-electron chi connectivity index (χ0n) is 34.9. The first-order chi connectivity index (χ1) is 24.5. The maximum atomic E-state index is 13.9. The Labute approximate surface area is 320 Å². The number of nitrogens with two attached hydrogens (primary N) is 1. The summed E-state index contributed by atoms with van der Waals surface area (Å²) in [5, 5.41) is 8.59. The lowest BCUT2D eigenvalue weighted by Crippen LogP contribution is -2.61. The van der Waals surface area contributed by atoms with Crippen molar-refractivity contribution >= 4 is 41.5 Å². The van der Waals surface area contributed by atoms with E-state index < -0.39 is 47.2 Å². The number of nitrogens with one attached hydrogen (secondary N) is 3. The summed E-state index contributed by atoms with van der Waals surface area (Å²) in [6.45, 7) is 26.3. The average molecular weight is 751 g/mol. The Morgan fingerprint density at radius 1 is 0.865 bits per heavy atom. The Balaban J connectivity index is 0. The average Bonchev–Trinajstić information content (AvgIpc) is 3.91. The summed E-state index contributed by atoms with van der Waals surface area (Å²) in [6.07, 6.45) is 5.74. The van der Waals surface area contributed by atoms with Crippen LogP contribution in [0, 0.1) is 17.3 Å². The first-order valence-electron chi connectivity index (χ1n) is 19.5. The molecule has 0 bridgehead atoms. The number of benzene rings is 1. The van der Waals surface area contributed by atoms with Gasteiger partial charge in [0.05, 0.1) is 6.04 Å². The normalized spacial score (nSPS) is 16.2. The summed E-state index contributed by atoms with van der Waals surface area (Å²) in [4.78, 5) is 67.0. The Bertz CT molecular complexity index is 1170. The number of primary amides is 1. The third kappa shape index (κ3) is 20.2. The highest BCUT2D eigenvalue weighted by molar-refractivity contribution is 7.97.